The van der Waals surface area contributed by atoms with Crippen LogP contribution in [0.2, 0.25) is 0 Å². The molecule has 3 rings (SSSR count). The summed E-state index contributed by atoms with van der Waals surface area (Å²) in [4.78, 5) is 11.9. The summed E-state index contributed by atoms with van der Waals surface area (Å²) in [5.74, 6) is -0.800. The summed E-state index contributed by atoms with van der Waals surface area (Å²) >= 11 is 0. The maximum Gasteiger partial charge on any atom is 0.224 e. The summed E-state index contributed by atoms with van der Waals surface area (Å²) in [6.45, 7) is -0.401. The topological polar surface area (TPSA) is 169 Å². The molecular weight excluding hydrogens is 278 g/mol. The van der Waals surface area contributed by atoms with Gasteiger partial charge in [-0.3, -0.25) is 4.57 Å². The largest absolute Gasteiger partial charge is 0.394 e. The number of fused-ring (bicyclic) bond motifs is 1. The van der Waals surface area contributed by atoms with E-state index < -0.39 is 31.0 Å². The van der Waals surface area contributed by atoms with Crippen LogP contribution >= 0.6 is 0 Å². The Kier molecular flexibility index (Phi) is 3.09. The van der Waals surface area contributed by atoms with E-state index in [-0.39, 0.29) is 11.8 Å². The summed E-state index contributed by atoms with van der Waals surface area (Å²) in [6, 6.07) is 1.97. The van der Waals surface area contributed by atoms with E-state index in [1.54, 1.807) is 0 Å². The zero-order chi connectivity index (χ0) is 15.1. The van der Waals surface area contributed by atoms with Crippen LogP contribution in [0.4, 0.5) is 11.8 Å². The highest BCUT2D eigenvalue weighted by molar-refractivity contribution is 5.82. The van der Waals surface area contributed by atoms with Gasteiger partial charge in [0.25, 0.3) is 0 Å². The minimum atomic E-state index is -1.11. The Morgan fingerprint density at radius 3 is 2.86 bits per heavy atom. The van der Waals surface area contributed by atoms with Gasteiger partial charge in [-0.05, 0) is 0 Å². The van der Waals surface area contributed by atoms with Crippen molar-refractivity contribution >= 4 is 22.9 Å². The highest BCUT2D eigenvalue weighted by Crippen LogP contribution is 2.36. The third kappa shape index (κ3) is 1.95. The first-order valence-corrected chi connectivity index (χ1v) is 6.16. The smallest absolute Gasteiger partial charge is 0.224 e. The Hall–Kier alpha value is -2.48. The van der Waals surface area contributed by atoms with Crippen LogP contribution in [0.1, 0.15) is 6.23 Å². The summed E-state index contributed by atoms with van der Waals surface area (Å²) in [6.07, 6.45) is -1.43. The monoisotopic (exact) mass is 291 g/mol. The lowest BCUT2D eigenvalue weighted by molar-refractivity contribution is -0.0441. The van der Waals surface area contributed by atoms with Gasteiger partial charge in [0.2, 0.25) is 5.95 Å². The molecule has 0 aliphatic carbocycles. The van der Waals surface area contributed by atoms with Crippen molar-refractivity contribution in [3.8, 4) is 6.07 Å². The summed E-state index contributed by atoms with van der Waals surface area (Å²) in [5, 5.41) is 28.4. The molecule has 2 aromatic heterocycles. The Bertz CT molecular complexity index is 724. The van der Waals surface area contributed by atoms with Gasteiger partial charge in [0.1, 0.15) is 23.6 Å². The molecule has 10 heteroatoms. The van der Waals surface area contributed by atoms with Gasteiger partial charge in [0, 0.05) is 0 Å². The van der Waals surface area contributed by atoms with Crippen molar-refractivity contribution in [2.75, 3.05) is 18.1 Å². The number of nitrogens with zero attached hydrogens (tertiary/aromatic N) is 5. The number of aliphatic hydroxyl groups excluding tert-OH is 2. The summed E-state index contributed by atoms with van der Waals surface area (Å²) in [5.41, 5.74) is 11.9. The van der Waals surface area contributed by atoms with E-state index in [1.807, 2.05) is 6.07 Å². The molecule has 2 aromatic rings. The van der Waals surface area contributed by atoms with Crippen molar-refractivity contribution in [3.05, 3.63) is 6.33 Å². The van der Waals surface area contributed by atoms with E-state index in [9.17, 15) is 15.5 Å². The molecule has 0 spiro atoms. The minimum absolute atomic E-state index is 0.0347. The molecule has 21 heavy (non-hydrogen) atoms. The fourth-order valence-corrected chi connectivity index (χ4v) is 2.42. The van der Waals surface area contributed by atoms with E-state index in [4.69, 9.17) is 16.2 Å². The Balaban J connectivity index is 2.10. The first-order chi connectivity index (χ1) is 10.1. The molecule has 0 amide bonds. The van der Waals surface area contributed by atoms with Gasteiger partial charge in [-0.15, -0.1) is 0 Å². The number of aromatic nitrogens is 4. The minimum Gasteiger partial charge on any atom is -0.394 e. The number of anilines is 2. The Morgan fingerprint density at radius 2 is 2.19 bits per heavy atom. The molecule has 1 saturated heterocycles. The van der Waals surface area contributed by atoms with E-state index >= 15 is 0 Å². The van der Waals surface area contributed by atoms with E-state index in [2.05, 4.69) is 15.0 Å². The molecular formula is C11H13N7O3. The molecule has 110 valence electrons. The quantitative estimate of drug-likeness (QED) is 0.507. The Morgan fingerprint density at radius 1 is 1.43 bits per heavy atom. The van der Waals surface area contributed by atoms with Gasteiger partial charge in [-0.2, -0.15) is 15.2 Å². The first kappa shape index (κ1) is 13.5. The standard InChI is InChI=1S/C11H13N7O3/c12-1-4-7(20)5(2-19)21-10(4)18-3-15-6-8(13)16-11(14)17-9(6)18/h3-5,7,10,19-20H,2H2,(H4,13,14,16,17)/t4-,5-,7+,10-/m1/s1. The zero-order valence-electron chi connectivity index (χ0n) is 10.8. The molecule has 0 saturated carbocycles. The predicted molar refractivity (Wildman–Crippen MR) is 70.3 cm³/mol. The second-order valence-electron chi connectivity index (χ2n) is 4.68. The van der Waals surface area contributed by atoms with Crippen molar-refractivity contribution in [2.45, 2.75) is 18.4 Å². The fourth-order valence-electron chi connectivity index (χ4n) is 2.42. The molecule has 0 aromatic carbocycles. The normalized spacial score (nSPS) is 28.8. The SMILES string of the molecule is N#C[C@@H]1[C@H](O)[C@@H](CO)O[C@H]1n1cnc2c(N)nc(N)nc21. The number of aliphatic hydroxyl groups is 2. The number of nitrogen functional groups attached to an aromatic ring is 2. The predicted octanol–water partition coefficient (Wildman–Crippen LogP) is -1.62. The van der Waals surface area contributed by atoms with Crippen LogP contribution < -0.4 is 11.5 Å². The number of ether oxygens (including phenoxy) is 1. The van der Waals surface area contributed by atoms with Crippen LogP contribution in [0.25, 0.3) is 11.2 Å². The van der Waals surface area contributed by atoms with Crippen LogP contribution in [0.15, 0.2) is 6.33 Å². The Labute approximate surface area is 118 Å². The van der Waals surface area contributed by atoms with Crippen molar-refractivity contribution in [2.24, 2.45) is 5.92 Å². The van der Waals surface area contributed by atoms with Crippen molar-refractivity contribution < 1.29 is 14.9 Å². The average molecular weight is 291 g/mol. The van der Waals surface area contributed by atoms with Crippen molar-refractivity contribution in [3.63, 3.8) is 0 Å². The molecule has 10 nitrogen and oxygen atoms in total. The van der Waals surface area contributed by atoms with Crippen LogP contribution in [-0.4, -0.2) is 48.5 Å². The maximum absolute atomic E-state index is 9.98. The second-order valence-corrected chi connectivity index (χ2v) is 4.68. The number of hydrogen-bond acceptors (Lipinski definition) is 9. The van der Waals surface area contributed by atoms with E-state index in [0.29, 0.717) is 11.2 Å². The van der Waals surface area contributed by atoms with Crippen LogP contribution in [0.5, 0.6) is 0 Å². The third-order valence-corrected chi connectivity index (χ3v) is 3.44. The van der Waals surface area contributed by atoms with Gasteiger partial charge < -0.3 is 26.4 Å². The number of imidazole rings is 1. The molecule has 3 heterocycles. The highest BCUT2D eigenvalue weighted by atomic mass is 16.5. The van der Waals surface area contributed by atoms with Gasteiger partial charge in [-0.25, -0.2) is 4.98 Å². The molecule has 0 radical (unpaired) electrons. The molecule has 4 atom stereocenters. The molecule has 1 fully saturated rings. The lowest BCUT2D eigenvalue weighted by Crippen LogP contribution is -2.28. The van der Waals surface area contributed by atoms with Gasteiger partial charge in [-0.1, -0.05) is 0 Å². The van der Waals surface area contributed by atoms with Gasteiger partial charge in [0.05, 0.1) is 19.0 Å². The molecule has 6 N–H and O–H groups in total. The maximum atomic E-state index is 9.98. The van der Waals surface area contributed by atoms with E-state index in [0.717, 1.165) is 0 Å². The van der Waals surface area contributed by atoms with Crippen molar-refractivity contribution in [1.82, 2.24) is 19.5 Å². The first-order valence-electron chi connectivity index (χ1n) is 6.16. The number of hydrogen-bond donors (Lipinski definition) is 4. The fraction of sp³-hybridized carbons (Fsp3) is 0.455. The lowest BCUT2D eigenvalue weighted by Gasteiger charge is -2.15. The van der Waals surface area contributed by atoms with Gasteiger partial charge >= 0.3 is 0 Å². The highest BCUT2D eigenvalue weighted by Gasteiger charge is 2.45. The number of nitriles is 1. The molecule has 0 bridgehead atoms. The van der Waals surface area contributed by atoms with Crippen LogP contribution in [0, 0.1) is 17.2 Å². The number of rotatable bonds is 2. The lowest BCUT2D eigenvalue weighted by atomic mass is 10.0. The summed E-state index contributed by atoms with van der Waals surface area (Å²) < 4.78 is 6.97. The number of nitrogens with two attached hydrogens (primary N) is 2. The second kappa shape index (κ2) is 4.81. The summed E-state index contributed by atoms with van der Waals surface area (Å²) in [7, 11) is 0. The van der Waals surface area contributed by atoms with E-state index in [1.165, 1.54) is 10.9 Å². The molecule has 1 aliphatic heterocycles. The average Bonchev–Trinajstić information content (AvgIpc) is 2.99. The van der Waals surface area contributed by atoms with Crippen LogP contribution in [0.3, 0.4) is 0 Å². The molecule has 0 unspecified atom stereocenters. The third-order valence-electron chi connectivity index (χ3n) is 3.44. The van der Waals surface area contributed by atoms with Crippen molar-refractivity contribution in [1.29, 1.82) is 5.26 Å². The van der Waals surface area contributed by atoms with Crippen LogP contribution in [-0.2, 0) is 4.74 Å². The zero-order valence-corrected chi connectivity index (χ0v) is 10.8. The van der Waals surface area contributed by atoms with Gasteiger partial charge in [0.15, 0.2) is 17.7 Å². The molecule has 1 aliphatic rings.